The van der Waals surface area contributed by atoms with E-state index in [1.54, 1.807) is 6.92 Å². The summed E-state index contributed by atoms with van der Waals surface area (Å²) < 4.78 is 4.93. The number of Topliss-reactive ketones (excluding diaryl/α,β-unsaturated/α-hetero) is 1. The zero-order chi connectivity index (χ0) is 15.1. The van der Waals surface area contributed by atoms with E-state index in [9.17, 15) is 9.59 Å². The molecule has 1 aliphatic rings. The van der Waals surface area contributed by atoms with Crippen LogP contribution in [-0.2, 0) is 20.9 Å². The van der Waals surface area contributed by atoms with Crippen molar-refractivity contribution in [1.82, 2.24) is 4.90 Å². The Hall–Kier alpha value is -1.68. The van der Waals surface area contributed by atoms with E-state index in [-0.39, 0.29) is 17.7 Å². The van der Waals surface area contributed by atoms with Gasteiger partial charge in [0.2, 0.25) is 0 Å². The highest BCUT2D eigenvalue weighted by atomic mass is 16.5. The molecular weight excluding hydrogens is 266 g/mol. The molecule has 1 aliphatic heterocycles. The van der Waals surface area contributed by atoms with Crippen LogP contribution in [0.5, 0.6) is 0 Å². The Bertz CT molecular complexity index is 472. The Labute approximate surface area is 126 Å². The van der Waals surface area contributed by atoms with E-state index in [0.717, 1.165) is 19.6 Å². The summed E-state index contributed by atoms with van der Waals surface area (Å²) in [6.45, 7) is 4.61. The van der Waals surface area contributed by atoms with E-state index in [4.69, 9.17) is 4.74 Å². The van der Waals surface area contributed by atoms with Crippen LogP contribution in [-0.4, -0.2) is 36.3 Å². The highest BCUT2D eigenvalue weighted by molar-refractivity contribution is 5.82. The van der Waals surface area contributed by atoms with Crippen LogP contribution in [0.15, 0.2) is 30.3 Å². The topological polar surface area (TPSA) is 46.6 Å². The van der Waals surface area contributed by atoms with Crippen molar-refractivity contribution in [3.63, 3.8) is 0 Å². The van der Waals surface area contributed by atoms with Crippen molar-refractivity contribution < 1.29 is 14.3 Å². The lowest BCUT2D eigenvalue weighted by molar-refractivity contribution is -0.143. The summed E-state index contributed by atoms with van der Waals surface area (Å²) in [4.78, 5) is 25.7. The second-order valence-electron chi connectivity index (χ2n) is 5.48. The van der Waals surface area contributed by atoms with Gasteiger partial charge in [0.25, 0.3) is 0 Å². The van der Waals surface area contributed by atoms with Gasteiger partial charge < -0.3 is 4.74 Å². The first-order valence-electron chi connectivity index (χ1n) is 7.63. The number of hydrogen-bond acceptors (Lipinski definition) is 4. The number of rotatable bonds is 6. The average molecular weight is 289 g/mol. The fraction of sp³-hybridized carbons (Fsp3) is 0.529. The van der Waals surface area contributed by atoms with E-state index in [2.05, 4.69) is 17.0 Å². The molecule has 2 rings (SSSR count). The quantitative estimate of drug-likeness (QED) is 0.755. The summed E-state index contributed by atoms with van der Waals surface area (Å²) in [5, 5.41) is 0. The highest BCUT2D eigenvalue weighted by Gasteiger charge is 2.27. The molecule has 1 saturated heterocycles. The summed E-state index contributed by atoms with van der Waals surface area (Å²) in [6.07, 6.45) is 1.52. The van der Waals surface area contributed by atoms with Gasteiger partial charge >= 0.3 is 5.97 Å². The fourth-order valence-corrected chi connectivity index (χ4v) is 2.74. The average Bonchev–Trinajstić information content (AvgIpc) is 2.49. The molecular formula is C17H23NO3. The van der Waals surface area contributed by atoms with E-state index in [1.807, 2.05) is 18.2 Å². The molecule has 0 amide bonds. The van der Waals surface area contributed by atoms with Crippen molar-refractivity contribution in [1.29, 1.82) is 0 Å². The molecule has 1 aromatic rings. The van der Waals surface area contributed by atoms with Gasteiger partial charge in [0.1, 0.15) is 5.78 Å². The molecule has 0 radical (unpaired) electrons. The summed E-state index contributed by atoms with van der Waals surface area (Å²) >= 11 is 0. The molecule has 0 unspecified atom stereocenters. The number of carbonyl (C=O) groups is 2. The lowest BCUT2D eigenvalue weighted by Gasteiger charge is -2.31. The van der Waals surface area contributed by atoms with Gasteiger partial charge in [-0.15, -0.1) is 0 Å². The third kappa shape index (κ3) is 4.97. The predicted octanol–water partition coefficient (Wildman–Crippen LogP) is 2.42. The minimum absolute atomic E-state index is 0.0353. The van der Waals surface area contributed by atoms with Crippen LogP contribution < -0.4 is 0 Å². The van der Waals surface area contributed by atoms with Gasteiger partial charge in [-0.25, -0.2) is 0 Å². The molecule has 1 atom stereocenters. The number of ketones is 1. The monoisotopic (exact) mass is 289 g/mol. The number of nitrogens with zero attached hydrogens (tertiary/aromatic N) is 1. The van der Waals surface area contributed by atoms with Crippen molar-refractivity contribution in [3.8, 4) is 0 Å². The second kappa shape index (κ2) is 7.93. The maximum absolute atomic E-state index is 12.0. The highest BCUT2D eigenvalue weighted by Crippen LogP contribution is 2.20. The van der Waals surface area contributed by atoms with Crippen LogP contribution in [0, 0.1) is 5.92 Å². The molecule has 1 aromatic carbocycles. The molecule has 0 N–H and O–H groups in total. The number of hydrogen-bond donors (Lipinski definition) is 0. The van der Waals surface area contributed by atoms with Crippen molar-refractivity contribution in [3.05, 3.63) is 35.9 Å². The molecule has 114 valence electrons. The number of piperidine rings is 1. The number of ether oxygens (including phenoxy) is 1. The molecule has 0 aliphatic carbocycles. The summed E-state index contributed by atoms with van der Waals surface area (Å²) in [6, 6.07) is 10.3. The van der Waals surface area contributed by atoms with Gasteiger partial charge in [0.05, 0.1) is 6.61 Å². The van der Waals surface area contributed by atoms with E-state index < -0.39 is 0 Å². The molecule has 0 bridgehead atoms. The Morgan fingerprint density at radius 3 is 2.81 bits per heavy atom. The van der Waals surface area contributed by atoms with Gasteiger partial charge in [0, 0.05) is 38.4 Å². The molecule has 4 heteroatoms. The third-order valence-corrected chi connectivity index (χ3v) is 3.86. The Kier molecular flexibility index (Phi) is 5.93. The lowest BCUT2D eigenvalue weighted by atomic mass is 9.91. The van der Waals surface area contributed by atoms with Crippen molar-refractivity contribution >= 4 is 11.8 Å². The molecule has 0 spiro atoms. The minimum atomic E-state index is -0.203. The summed E-state index contributed by atoms with van der Waals surface area (Å²) in [5.41, 5.74) is 1.26. The fourth-order valence-electron chi connectivity index (χ4n) is 2.74. The number of likely N-dealkylation sites (tertiary alicyclic amines) is 1. The summed E-state index contributed by atoms with van der Waals surface area (Å²) in [7, 11) is 0. The Morgan fingerprint density at radius 1 is 1.33 bits per heavy atom. The zero-order valence-corrected chi connectivity index (χ0v) is 12.6. The molecule has 0 aromatic heterocycles. The van der Waals surface area contributed by atoms with Gasteiger partial charge in [-0.2, -0.15) is 0 Å². The first-order valence-corrected chi connectivity index (χ1v) is 7.63. The number of benzene rings is 1. The van der Waals surface area contributed by atoms with Crippen LogP contribution in [0.3, 0.4) is 0 Å². The molecule has 1 fully saturated rings. The molecule has 4 nitrogen and oxygen atoms in total. The molecule has 0 saturated carbocycles. The number of carbonyl (C=O) groups excluding carboxylic acids is 2. The van der Waals surface area contributed by atoms with Crippen LogP contribution >= 0.6 is 0 Å². The van der Waals surface area contributed by atoms with Gasteiger partial charge in [-0.1, -0.05) is 30.3 Å². The van der Waals surface area contributed by atoms with Crippen molar-refractivity contribution in [2.24, 2.45) is 5.92 Å². The lowest BCUT2D eigenvalue weighted by Crippen LogP contribution is -2.40. The van der Waals surface area contributed by atoms with Gasteiger partial charge in [-0.3, -0.25) is 14.5 Å². The maximum Gasteiger partial charge on any atom is 0.305 e. The zero-order valence-electron chi connectivity index (χ0n) is 12.6. The van der Waals surface area contributed by atoms with E-state index in [1.165, 1.54) is 5.56 Å². The van der Waals surface area contributed by atoms with Crippen molar-refractivity contribution in [2.75, 3.05) is 19.7 Å². The van der Waals surface area contributed by atoms with Crippen LogP contribution in [0.1, 0.15) is 31.7 Å². The summed E-state index contributed by atoms with van der Waals surface area (Å²) in [5.74, 6) is 0.0426. The number of esters is 1. The van der Waals surface area contributed by atoms with Crippen molar-refractivity contribution in [2.45, 2.75) is 32.7 Å². The smallest absolute Gasteiger partial charge is 0.305 e. The standard InChI is InChI=1S/C17H23NO3/c1-2-21-17(20)9-8-15-13-18(11-10-16(15)19)12-14-6-4-3-5-7-14/h3-7,15H,2,8-13H2,1H3/t15-/m0/s1. The van der Waals surface area contributed by atoms with E-state index >= 15 is 0 Å². The molecule has 21 heavy (non-hydrogen) atoms. The van der Waals surface area contributed by atoms with Gasteiger partial charge in [0.15, 0.2) is 0 Å². The second-order valence-corrected chi connectivity index (χ2v) is 5.48. The van der Waals surface area contributed by atoms with Gasteiger partial charge in [-0.05, 0) is 18.9 Å². The largest absolute Gasteiger partial charge is 0.466 e. The SMILES string of the molecule is CCOC(=O)CC[C@H]1CN(Cc2ccccc2)CCC1=O. The van der Waals surface area contributed by atoms with E-state index in [0.29, 0.717) is 25.9 Å². The van der Waals surface area contributed by atoms with Crippen LogP contribution in [0.4, 0.5) is 0 Å². The minimum Gasteiger partial charge on any atom is -0.466 e. The van der Waals surface area contributed by atoms with Crippen LogP contribution in [0.25, 0.3) is 0 Å². The van der Waals surface area contributed by atoms with Crippen LogP contribution in [0.2, 0.25) is 0 Å². The third-order valence-electron chi connectivity index (χ3n) is 3.86. The Morgan fingerprint density at radius 2 is 2.10 bits per heavy atom. The first kappa shape index (κ1) is 15.7. The normalized spacial score (nSPS) is 19.5. The molecule has 1 heterocycles. The first-order chi connectivity index (χ1) is 10.2. The predicted molar refractivity (Wildman–Crippen MR) is 80.7 cm³/mol. The Balaban J connectivity index is 1.84. The maximum atomic E-state index is 12.0.